The van der Waals surface area contributed by atoms with Crippen LogP contribution in [0.5, 0.6) is 5.75 Å². The van der Waals surface area contributed by atoms with Crippen LogP contribution >= 0.6 is 0 Å². The fraction of sp³-hybridized carbons (Fsp3) is 0.261. The van der Waals surface area contributed by atoms with Gasteiger partial charge in [0, 0.05) is 24.6 Å². The van der Waals surface area contributed by atoms with Gasteiger partial charge in [-0.1, -0.05) is 50.3 Å². The average molecular weight is 367 g/mol. The van der Waals surface area contributed by atoms with E-state index >= 15 is 0 Å². The van der Waals surface area contributed by atoms with Crippen LogP contribution in [0.1, 0.15) is 37.8 Å². The van der Waals surface area contributed by atoms with Gasteiger partial charge >= 0.3 is 0 Å². The number of nitrogens with one attached hydrogen (secondary N) is 1. The predicted molar refractivity (Wildman–Crippen MR) is 109 cm³/mol. The van der Waals surface area contributed by atoms with Crippen molar-refractivity contribution < 1.29 is 13.9 Å². The van der Waals surface area contributed by atoms with E-state index in [-0.39, 0.29) is 18.2 Å². The van der Waals surface area contributed by atoms with Crippen LogP contribution in [-0.2, 0) is 11.4 Å². The van der Waals surface area contributed by atoms with Gasteiger partial charge in [0.25, 0.3) is 0 Å². The summed E-state index contributed by atoms with van der Waals surface area (Å²) in [5, 5.41) is 2.93. The van der Waals surface area contributed by atoms with E-state index in [1.54, 1.807) is 18.2 Å². The zero-order chi connectivity index (χ0) is 19.6. The van der Waals surface area contributed by atoms with E-state index in [9.17, 15) is 9.18 Å². The lowest BCUT2D eigenvalue weighted by Crippen LogP contribution is -2.06. The first-order valence-electron chi connectivity index (χ1n) is 9.19. The molecule has 2 aromatic carbocycles. The van der Waals surface area contributed by atoms with E-state index in [4.69, 9.17) is 4.74 Å². The first-order valence-corrected chi connectivity index (χ1v) is 9.19. The summed E-state index contributed by atoms with van der Waals surface area (Å²) in [5.74, 6) is 0.164. The summed E-state index contributed by atoms with van der Waals surface area (Å²) in [4.78, 5) is 12.3. The molecule has 2 aromatic rings. The Morgan fingerprint density at radius 2 is 2.00 bits per heavy atom. The van der Waals surface area contributed by atoms with Crippen LogP contribution in [0, 0.1) is 5.82 Å². The summed E-state index contributed by atoms with van der Waals surface area (Å²) in [6.07, 6.45) is 4.84. The molecule has 0 saturated carbocycles. The highest BCUT2D eigenvalue weighted by Crippen LogP contribution is 2.25. The number of benzene rings is 2. The molecule has 0 aliphatic rings. The van der Waals surface area contributed by atoms with Crippen molar-refractivity contribution in [3.05, 3.63) is 78.1 Å². The Hall–Kier alpha value is -2.88. The monoisotopic (exact) mass is 367 g/mol. The molecule has 1 N–H and O–H groups in total. The Balaban J connectivity index is 2.19. The molecule has 0 aromatic heterocycles. The lowest BCUT2D eigenvalue weighted by Gasteiger charge is -2.14. The Morgan fingerprint density at radius 1 is 1.22 bits per heavy atom. The van der Waals surface area contributed by atoms with E-state index in [0.717, 1.165) is 17.5 Å². The maximum Gasteiger partial charge on any atom is 0.162 e. The van der Waals surface area contributed by atoms with E-state index in [1.165, 1.54) is 6.07 Å². The van der Waals surface area contributed by atoms with Crippen molar-refractivity contribution in [3.8, 4) is 5.75 Å². The minimum atomic E-state index is -0.379. The third kappa shape index (κ3) is 5.55. The van der Waals surface area contributed by atoms with Crippen molar-refractivity contribution in [1.29, 1.82) is 0 Å². The van der Waals surface area contributed by atoms with Crippen molar-refractivity contribution in [1.82, 2.24) is 0 Å². The molecule has 27 heavy (non-hydrogen) atoms. The highest BCUT2D eigenvalue weighted by atomic mass is 19.1. The zero-order valence-corrected chi connectivity index (χ0v) is 15.9. The summed E-state index contributed by atoms with van der Waals surface area (Å²) >= 11 is 0. The number of halogens is 1. The van der Waals surface area contributed by atoms with Gasteiger partial charge in [-0.05, 0) is 29.7 Å². The molecule has 0 aliphatic carbocycles. The second-order valence-electron chi connectivity index (χ2n) is 6.06. The number of hydrogen-bond donors (Lipinski definition) is 1. The number of ether oxygens (including phenoxy) is 1. The van der Waals surface area contributed by atoms with Gasteiger partial charge < -0.3 is 10.1 Å². The molecule has 2 rings (SSSR count). The van der Waals surface area contributed by atoms with Crippen LogP contribution in [-0.4, -0.2) is 12.3 Å². The molecule has 142 valence electrons. The molecule has 0 saturated heterocycles. The third-order valence-corrected chi connectivity index (χ3v) is 4.11. The Kier molecular flexibility index (Phi) is 7.80. The van der Waals surface area contributed by atoms with Gasteiger partial charge in [0.2, 0.25) is 0 Å². The predicted octanol–water partition coefficient (Wildman–Crippen LogP) is 5.78. The minimum Gasteiger partial charge on any atom is -0.489 e. The van der Waals surface area contributed by atoms with Crippen LogP contribution in [0.25, 0.3) is 5.57 Å². The molecule has 0 spiro atoms. The van der Waals surface area contributed by atoms with Gasteiger partial charge in [-0.15, -0.1) is 6.58 Å². The highest BCUT2D eigenvalue weighted by molar-refractivity contribution is 6.20. The quantitative estimate of drug-likeness (QED) is 0.428. The van der Waals surface area contributed by atoms with Crippen LogP contribution in [0.15, 0.2) is 61.2 Å². The molecular formula is C23H26FNO2. The van der Waals surface area contributed by atoms with E-state index < -0.39 is 0 Å². The molecule has 0 atom stereocenters. The largest absolute Gasteiger partial charge is 0.489 e. The van der Waals surface area contributed by atoms with Gasteiger partial charge in [0.1, 0.15) is 18.2 Å². The highest BCUT2D eigenvalue weighted by Gasteiger charge is 2.14. The Bertz CT molecular complexity index is 827. The van der Waals surface area contributed by atoms with Crippen LogP contribution in [0.4, 0.5) is 10.1 Å². The molecule has 0 fully saturated rings. The SMILES string of the molecule is C=CCNc1ccc(OCc2ccccc2/C(=C\CC)C(=O)CC)cc1F. The summed E-state index contributed by atoms with van der Waals surface area (Å²) in [7, 11) is 0. The number of rotatable bonds is 10. The molecule has 0 heterocycles. The molecular weight excluding hydrogens is 341 g/mol. The maximum atomic E-state index is 14.1. The van der Waals surface area contributed by atoms with Crippen molar-refractivity contribution in [2.24, 2.45) is 0 Å². The van der Waals surface area contributed by atoms with Gasteiger partial charge in [0.15, 0.2) is 5.78 Å². The van der Waals surface area contributed by atoms with Gasteiger partial charge in [-0.2, -0.15) is 0 Å². The molecule has 4 heteroatoms. The second kappa shape index (κ2) is 10.3. The number of Topliss-reactive ketones (excluding diaryl/α,β-unsaturated/α-hetero) is 1. The molecule has 0 unspecified atom stereocenters. The van der Waals surface area contributed by atoms with Crippen molar-refractivity contribution in [2.75, 3.05) is 11.9 Å². The van der Waals surface area contributed by atoms with Crippen LogP contribution in [0.3, 0.4) is 0 Å². The van der Waals surface area contributed by atoms with Crippen molar-refractivity contribution in [2.45, 2.75) is 33.3 Å². The number of allylic oxidation sites excluding steroid dienone is 2. The summed E-state index contributed by atoms with van der Waals surface area (Å²) < 4.78 is 19.9. The topological polar surface area (TPSA) is 38.3 Å². The number of carbonyl (C=O) groups excluding carboxylic acids is 1. The maximum absolute atomic E-state index is 14.1. The molecule has 0 amide bonds. The van der Waals surface area contributed by atoms with E-state index in [2.05, 4.69) is 11.9 Å². The molecule has 0 radical (unpaired) electrons. The minimum absolute atomic E-state index is 0.105. The van der Waals surface area contributed by atoms with Gasteiger partial charge in [0.05, 0.1) is 5.69 Å². The van der Waals surface area contributed by atoms with Crippen LogP contribution in [0.2, 0.25) is 0 Å². The molecule has 3 nitrogen and oxygen atoms in total. The number of ketones is 1. The summed E-state index contributed by atoms with van der Waals surface area (Å²) in [6, 6.07) is 12.4. The zero-order valence-electron chi connectivity index (χ0n) is 15.9. The molecule has 0 bridgehead atoms. The van der Waals surface area contributed by atoms with Crippen molar-refractivity contribution >= 4 is 17.0 Å². The second-order valence-corrected chi connectivity index (χ2v) is 6.06. The normalized spacial score (nSPS) is 11.1. The third-order valence-electron chi connectivity index (χ3n) is 4.11. The average Bonchev–Trinajstić information content (AvgIpc) is 2.69. The Morgan fingerprint density at radius 3 is 2.67 bits per heavy atom. The first kappa shape index (κ1) is 20.4. The number of carbonyl (C=O) groups is 1. The fourth-order valence-electron chi connectivity index (χ4n) is 2.75. The smallest absolute Gasteiger partial charge is 0.162 e. The van der Waals surface area contributed by atoms with Crippen molar-refractivity contribution in [3.63, 3.8) is 0 Å². The lowest BCUT2D eigenvalue weighted by atomic mass is 9.95. The van der Waals surface area contributed by atoms with Crippen LogP contribution < -0.4 is 10.1 Å². The molecule has 0 aliphatic heterocycles. The van der Waals surface area contributed by atoms with Gasteiger partial charge in [-0.3, -0.25) is 4.79 Å². The van der Waals surface area contributed by atoms with E-state index in [1.807, 2.05) is 44.2 Å². The first-order chi connectivity index (χ1) is 13.1. The van der Waals surface area contributed by atoms with E-state index in [0.29, 0.717) is 30.0 Å². The Labute approximate surface area is 160 Å². The number of anilines is 1. The van der Waals surface area contributed by atoms with Gasteiger partial charge in [-0.25, -0.2) is 4.39 Å². The fourth-order valence-corrected chi connectivity index (χ4v) is 2.75. The number of hydrogen-bond acceptors (Lipinski definition) is 3. The lowest BCUT2D eigenvalue weighted by molar-refractivity contribution is -0.113. The summed E-state index contributed by atoms with van der Waals surface area (Å²) in [5.41, 5.74) is 2.89. The standard InChI is InChI=1S/C23H26FNO2/c1-4-9-20(23(26)6-3)19-11-8-7-10-17(19)16-27-18-12-13-22(21(24)15-18)25-14-5-2/h5,7-13,15,25H,2,4,6,14,16H2,1,3H3/b20-9+. The summed E-state index contributed by atoms with van der Waals surface area (Å²) in [6.45, 7) is 8.21.